The summed E-state index contributed by atoms with van der Waals surface area (Å²) in [5, 5.41) is 17.6. The molecule has 138 valence electrons. The number of hydrogen-bond acceptors (Lipinski definition) is 5. The number of hydrogen-bond donors (Lipinski definition) is 2. The monoisotopic (exact) mass is 363 g/mol. The second-order valence-electron chi connectivity index (χ2n) is 5.89. The van der Waals surface area contributed by atoms with Crippen LogP contribution in [0.25, 0.3) is 0 Å². The summed E-state index contributed by atoms with van der Waals surface area (Å²) in [5.74, 6) is -1.32. The highest BCUT2D eigenvalue weighted by Gasteiger charge is 2.40. The molecule has 12 heteroatoms. The summed E-state index contributed by atoms with van der Waals surface area (Å²) in [6.45, 7) is 0.0615. The first kappa shape index (κ1) is 17.5. The fourth-order valence-corrected chi connectivity index (χ4v) is 2.99. The van der Waals surface area contributed by atoms with E-state index in [0.29, 0.717) is 12.8 Å². The zero-order valence-electron chi connectivity index (χ0n) is 13.0. The van der Waals surface area contributed by atoms with Crippen molar-refractivity contribution >= 4 is 12.0 Å². The van der Waals surface area contributed by atoms with Gasteiger partial charge in [0.1, 0.15) is 6.10 Å². The SMILES string of the molecule is O=C(O)N[C@@H]1CC[C@H](C(=O)N2CCn3c(nnc3C(F)(F)F)C2)OC1. The number of nitrogens with one attached hydrogen (secondary N) is 1. The first-order chi connectivity index (χ1) is 11.8. The fourth-order valence-electron chi connectivity index (χ4n) is 2.99. The highest BCUT2D eigenvalue weighted by Crippen LogP contribution is 2.29. The third-order valence-corrected chi connectivity index (χ3v) is 4.20. The Hall–Kier alpha value is -2.37. The van der Waals surface area contributed by atoms with Crippen LogP contribution in [0.4, 0.5) is 18.0 Å². The van der Waals surface area contributed by atoms with Crippen molar-refractivity contribution in [3.63, 3.8) is 0 Å². The zero-order valence-corrected chi connectivity index (χ0v) is 13.0. The lowest BCUT2D eigenvalue weighted by Crippen LogP contribution is -2.49. The second-order valence-corrected chi connectivity index (χ2v) is 5.89. The van der Waals surface area contributed by atoms with Crippen LogP contribution in [0.15, 0.2) is 0 Å². The average molecular weight is 363 g/mol. The number of aromatic nitrogens is 3. The Kier molecular flexibility index (Phi) is 4.54. The van der Waals surface area contributed by atoms with Crippen molar-refractivity contribution in [3.8, 4) is 0 Å². The van der Waals surface area contributed by atoms with E-state index in [1.54, 1.807) is 0 Å². The summed E-state index contributed by atoms with van der Waals surface area (Å²) in [4.78, 5) is 24.5. The number of carbonyl (C=O) groups excluding carboxylic acids is 1. The number of nitrogens with zero attached hydrogens (tertiary/aromatic N) is 4. The second kappa shape index (κ2) is 6.50. The van der Waals surface area contributed by atoms with Crippen LogP contribution < -0.4 is 5.32 Å². The molecule has 0 saturated carbocycles. The Morgan fingerprint density at radius 2 is 2.00 bits per heavy atom. The van der Waals surface area contributed by atoms with E-state index in [2.05, 4.69) is 15.5 Å². The van der Waals surface area contributed by atoms with Crippen molar-refractivity contribution in [2.45, 2.75) is 44.3 Å². The van der Waals surface area contributed by atoms with Crippen LogP contribution in [0.1, 0.15) is 24.5 Å². The molecule has 1 saturated heterocycles. The van der Waals surface area contributed by atoms with Gasteiger partial charge in [0.05, 0.1) is 19.2 Å². The summed E-state index contributed by atoms with van der Waals surface area (Å²) in [5.41, 5.74) is 0. The van der Waals surface area contributed by atoms with Gasteiger partial charge in [-0.2, -0.15) is 13.2 Å². The minimum atomic E-state index is -4.59. The molecule has 1 aromatic rings. The molecule has 0 aliphatic carbocycles. The summed E-state index contributed by atoms with van der Waals surface area (Å²) >= 11 is 0. The van der Waals surface area contributed by atoms with Crippen LogP contribution in [-0.2, 0) is 28.8 Å². The summed E-state index contributed by atoms with van der Waals surface area (Å²) in [6, 6.07) is -0.375. The Labute approximate surface area is 139 Å². The maximum Gasteiger partial charge on any atom is 0.451 e. The molecular formula is C13H16F3N5O4. The topological polar surface area (TPSA) is 110 Å². The van der Waals surface area contributed by atoms with Crippen molar-refractivity contribution in [2.75, 3.05) is 13.2 Å². The maximum absolute atomic E-state index is 12.8. The zero-order chi connectivity index (χ0) is 18.2. The Balaban J connectivity index is 1.60. The summed E-state index contributed by atoms with van der Waals surface area (Å²) in [6.07, 6.45) is -5.69. The lowest BCUT2D eigenvalue weighted by atomic mass is 10.0. The number of amides is 2. The van der Waals surface area contributed by atoms with E-state index in [1.807, 2.05) is 0 Å². The smallest absolute Gasteiger partial charge is 0.451 e. The molecule has 0 unspecified atom stereocenters. The van der Waals surface area contributed by atoms with E-state index in [-0.39, 0.29) is 44.0 Å². The van der Waals surface area contributed by atoms with Gasteiger partial charge in [-0.05, 0) is 12.8 Å². The van der Waals surface area contributed by atoms with E-state index in [4.69, 9.17) is 9.84 Å². The molecule has 25 heavy (non-hydrogen) atoms. The van der Waals surface area contributed by atoms with Gasteiger partial charge in [-0.3, -0.25) is 4.79 Å². The summed E-state index contributed by atoms with van der Waals surface area (Å²) in [7, 11) is 0. The normalized spacial score (nSPS) is 23.9. The molecule has 2 aliphatic heterocycles. The van der Waals surface area contributed by atoms with Crippen LogP contribution in [0.2, 0.25) is 0 Å². The third kappa shape index (κ3) is 3.67. The Bertz CT molecular complexity index is 669. The molecular weight excluding hydrogens is 347 g/mol. The highest BCUT2D eigenvalue weighted by molar-refractivity contribution is 5.81. The molecule has 2 atom stereocenters. The van der Waals surface area contributed by atoms with Crippen LogP contribution >= 0.6 is 0 Å². The van der Waals surface area contributed by atoms with E-state index in [9.17, 15) is 22.8 Å². The molecule has 0 aromatic carbocycles. The molecule has 0 spiro atoms. The molecule has 1 fully saturated rings. The van der Waals surface area contributed by atoms with Gasteiger partial charge in [0.2, 0.25) is 5.82 Å². The van der Waals surface area contributed by atoms with Crippen molar-refractivity contribution in [3.05, 3.63) is 11.6 Å². The molecule has 3 heterocycles. The predicted molar refractivity (Wildman–Crippen MR) is 74.4 cm³/mol. The van der Waals surface area contributed by atoms with E-state index in [1.165, 1.54) is 4.90 Å². The van der Waals surface area contributed by atoms with Crippen LogP contribution in [0, 0.1) is 0 Å². The predicted octanol–water partition coefficient (Wildman–Crippen LogP) is 0.454. The van der Waals surface area contributed by atoms with Gasteiger partial charge in [0, 0.05) is 13.1 Å². The van der Waals surface area contributed by atoms with Crippen LogP contribution in [0.3, 0.4) is 0 Å². The van der Waals surface area contributed by atoms with Gasteiger partial charge in [0.15, 0.2) is 5.82 Å². The Morgan fingerprint density at radius 1 is 1.24 bits per heavy atom. The number of halogens is 3. The van der Waals surface area contributed by atoms with Crippen LogP contribution in [-0.4, -0.2) is 62.1 Å². The standard InChI is InChI=1S/C13H16F3N5O4/c14-13(15,16)11-19-18-9-5-20(3-4-21(9)11)10(22)8-2-1-7(6-25-8)17-12(23)24/h7-8,17H,1-6H2,(H,23,24)/t7-,8-/m1/s1. The van der Waals surface area contributed by atoms with Gasteiger partial charge in [-0.25, -0.2) is 4.79 Å². The van der Waals surface area contributed by atoms with Crippen molar-refractivity contribution in [1.29, 1.82) is 0 Å². The van der Waals surface area contributed by atoms with Gasteiger partial charge < -0.3 is 24.6 Å². The first-order valence-corrected chi connectivity index (χ1v) is 7.65. The number of ether oxygens (including phenoxy) is 1. The lowest BCUT2D eigenvalue weighted by Gasteiger charge is -2.34. The Morgan fingerprint density at radius 3 is 2.60 bits per heavy atom. The van der Waals surface area contributed by atoms with Gasteiger partial charge in [0.25, 0.3) is 5.91 Å². The fraction of sp³-hybridized carbons (Fsp3) is 0.692. The quantitative estimate of drug-likeness (QED) is 0.790. The average Bonchev–Trinajstić information content (AvgIpc) is 2.97. The largest absolute Gasteiger partial charge is 0.465 e. The minimum absolute atomic E-state index is 0.0428. The minimum Gasteiger partial charge on any atom is -0.465 e. The third-order valence-electron chi connectivity index (χ3n) is 4.20. The molecule has 9 nitrogen and oxygen atoms in total. The molecule has 2 N–H and O–H groups in total. The maximum atomic E-state index is 12.8. The molecule has 1 aromatic heterocycles. The number of carbonyl (C=O) groups is 2. The lowest BCUT2D eigenvalue weighted by molar-refractivity contribution is -0.151. The number of fused-ring (bicyclic) bond motifs is 1. The van der Waals surface area contributed by atoms with E-state index in [0.717, 1.165) is 4.57 Å². The molecule has 3 rings (SSSR count). The molecule has 0 bridgehead atoms. The van der Waals surface area contributed by atoms with Crippen molar-refractivity contribution < 1.29 is 32.6 Å². The van der Waals surface area contributed by atoms with Crippen LogP contribution in [0.5, 0.6) is 0 Å². The number of alkyl halides is 3. The molecule has 2 aliphatic rings. The van der Waals surface area contributed by atoms with Gasteiger partial charge in [-0.1, -0.05) is 0 Å². The highest BCUT2D eigenvalue weighted by atomic mass is 19.4. The van der Waals surface area contributed by atoms with Crippen molar-refractivity contribution in [2.24, 2.45) is 0 Å². The van der Waals surface area contributed by atoms with E-state index >= 15 is 0 Å². The number of carboxylic acid groups (broad SMARTS) is 1. The van der Waals surface area contributed by atoms with E-state index < -0.39 is 24.2 Å². The molecule has 0 radical (unpaired) electrons. The van der Waals surface area contributed by atoms with Gasteiger partial charge in [-0.15, -0.1) is 10.2 Å². The van der Waals surface area contributed by atoms with Crippen molar-refractivity contribution in [1.82, 2.24) is 25.0 Å². The van der Waals surface area contributed by atoms with Gasteiger partial charge >= 0.3 is 12.3 Å². The molecule has 2 amide bonds. The first-order valence-electron chi connectivity index (χ1n) is 7.65. The number of rotatable bonds is 2. The summed E-state index contributed by atoms with van der Waals surface area (Å²) < 4.78 is 44.8.